The predicted molar refractivity (Wildman–Crippen MR) is 175 cm³/mol. The van der Waals surface area contributed by atoms with Gasteiger partial charge in [0.2, 0.25) is 0 Å². The molecule has 34 heavy (non-hydrogen) atoms. The van der Waals surface area contributed by atoms with Crippen molar-refractivity contribution in [2.45, 2.75) is 156 Å². The Morgan fingerprint density at radius 2 is 0.412 bits per heavy atom. The average Bonchev–Trinajstić information content (AvgIpc) is 2.46. The molecule has 0 aromatic rings. The van der Waals surface area contributed by atoms with E-state index in [2.05, 4.69) is 125 Å². The number of rotatable bonds is 9. The summed E-state index contributed by atoms with van der Waals surface area (Å²) in [5.74, 6) is 0. The van der Waals surface area contributed by atoms with E-state index in [1.54, 1.807) is 0 Å². The monoisotopic (exact) mass is 550 g/mol. The van der Waals surface area contributed by atoms with E-state index >= 15 is 0 Å². The first-order valence-corrected chi connectivity index (χ1v) is 20.2. The summed E-state index contributed by atoms with van der Waals surface area (Å²) in [4.78, 5) is 0. The standard InChI is InChI=1S/C30H66P4/c1-25(2,3)32(26(4,5)6)22-19-31(20-23-33(27(7,8)9)28(10,11)12)21-24-34(29(13,14)15)30(16,17)18/h19-24H2,1-18H3. The Morgan fingerprint density at radius 1 is 0.265 bits per heavy atom. The molecule has 0 saturated carbocycles. The molecule has 0 amide bonds. The minimum Gasteiger partial charge on any atom is -0.106 e. The van der Waals surface area contributed by atoms with Gasteiger partial charge in [-0.05, 0) is 67.9 Å². The highest BCUT2D eigenvalue weighted by Gasteiger charge is 2.38. The fourth-order valence-corrected chi connectivity index (χ4v) is 22.6. The number of hydrogen-bond acceptors (Lipinski definition) is 0. The molecule has 206 valence electrons. The van der Waals surface area contributed by atoms with Crippen LogP contribution in [-0.2, 0) is 0 Å². The molecule has 0 aliphatic heterocycles. The molecule has 0 radical (unpaired) electrons. The first-order chi connectivity index (χ1) is 14.7. The van der Waals surface area contributed by atoms with E-state index in [1.807, 2.05) is 0 Å². The molecule has 0 aromatic heterocycles. The van der Waals surface area contributed by atoms with E-state index in [0.29, 0.717) is 30.9 Å². The van der Waals surface area contributed by atoms with Gasteiger partial charge < -0.3 is 0 Å². The highest BCUT2D eigenvalue weighted by Crippen LogP contribution is 2.64. The van der Waals surface area contributed by atoms with Crippen LogP contribution in [0.4, 0.5) is 0 Å². The molecule has 0 aromatic carbocycles. The molecule has 0 unspecified atom stereocenters. The molecular formula is C30H66P4. The maximum atomic E-state index is 2.50. The van der Waals surface area contributed by atoms with Crippen LogP contribution in [-0.4, -0.2) is 67.9 Å². The summed E-state index contributed by atoms with van der Waals surface area (Å²) in [6, 6.07) is 0. The van der Waals surface area contributed by atoms with Gasteiger partial charge >= 0.3 is 0 Å². The fourth-order valence-electron chi connectivity index (χ4n) is 6.09. The molecule has 0 atom stereocenters. The zero-order valence-corrected chi connectivity index (χ0v) is 30.6. The Morgan fingerprint density at radius 3 is 0.529 bits per heavy atom. The quantitative estimate of drug-likeness (QED) is 0.250. The SMILES string of the molecule is CC(C)(C)P(CCP(CCP(C(C)(C)C)C(C)(C)C)CCP(C(C)(C)C)C(C)(C)C)C(C)(C)C. The van der Waals surface area contributed by atoms with Crippen molar-refractivity contribution < 1.29 is 0 Å². The lowest BCUT2D eigenvalue weighted by molar-refractivity contribution is 0.705. The van der Waals surface area contributed by atoms with Crippen molar-refractivity contribution >= 4 is 31.7 Å². The Bertz CT molecular complexity index is 455. The average molecular weight is 551 g/mol. The highest BCUT2D eigenvalue weighted by molar-refractivity contribution is 7.66. The Balaban J connectivity index is 5.79. The summed E-state index contributed by atoms with van der Waals surface area (Å²) in [7, 11) is 0.135. The van der Waals surface area contributed by atoms with Gasteiger partial charge in [-0.25, -0.2) is 0 Å². The molecule has 0 N–H and O–H groups in total. The zero-order valence-electron chi connectivity index (χ0n) is 27.0. The predicted octanol–water partition coefficient (Wildman–Crippen LogP) is 11.7. The van der Waals surface area contributed by atoms with Crippen molar-refractivity contribution in [3.63, 3.8) is 0 Å². The van der Waals surface area contributed by atoms with Gasteiger partial charge in [0.25, 0.3) is 0 Å². The smallest absolute Gasteiger partial charge is 0.0174 e. The van der Waals surface area contributed by atoms with E-state index in [9.17, 15) is 0 Å². The van der Waals surface area contributed by atoms with Crippen LogP contribution in [0.15, 0.2) is 0 Å². The van der Waals surface area contributed by atoms with Gasteiger partial charge in [0.05, 0.1) is 0 Å². The molecule has 0 aliphatic carbocycles. The largest absolute Gasteiger partial charge is 0.106 e. The maximum absolute atomic E-state index is 2.50. The van der Waals surface area contributed by atoms with Crippen LogP contribution in [0.25, 0.3) is 0 Å². The molecule has 0 saturated heterocycles. The van der Waals surface area contributed by atoms with Crippen molar-refractivity contribution in [1.82, 2.24) is 0 Å². The lowest BCUT2D eigenvalue weighted by atomic mass is 10.2. The Labute approximate surface area is 223 Å². The second kappa shape index (κ2) is 12.7. The first-order valence-electron chi connectivity index (χ1n) is 13.7. The summed E-state index contributed by atoms with van der Waals surface area (Å²) in [6.45, 7) is 45.1. The van der Waals surface area contributed by atoms with Crippen LogP contribution in [0.2, 0.25) is 0 Å². The number of hydrogen-bond donors (Lipinski definition) is 0. The van der Waals surface area contributed by atoms with Crippen molar-refractivity contribution in [2.75, 3.05) is 37.0 Å². The minimum absolute atomic E-state index is 0.00911. The lowest BCUT2D eigenvalue weighted by Gasteiger charge is -2.44. The zero-order chi connectivity index (χ0) is 27.6. The molecule has 0 fully saturated rings. The van der Waals surface area contributed by atoms with Crippen molar-refractivity contribution in [2.24, 2.45) is 0 Å². The van der Waals surface area contributed by atoms with Gasteiger partial charge in [-0.1, -0.05) is 148 Å². The van der Waals surface area contributed by atoms with Crippen LogP contribution in [0, 0.1) is 0 Å². The lowest BCUT2D eigenvalue weighted by Crippen LogP contribution is -2.29. The van der Waals surface area contributed by atoms with Crippen LogP contribution >= 0.6 is 31.7 Å². The highest BCUT2D eigenvalue weighted by atomic mass is 31.1. The van der Waals surface area contributed by atoms with Crippen LogP contribution in [0.1, 0.15) is 125 Å². The second-order valence-corrected chi connectivity index (χ2v) is 31.0. The molecule has 0 rings (SSSR count). The molecule has 0 heterocycles. The summed E-state index contributed by atoms with van der Waals surface area (Å²) >= 11 is 0. The molecule has 0 aliphatic rings. The van der Waals surface area contributed by atoms with Crippen LogP contribution in [0.3, 0.4) is 0 Å². The van der Waals surface area contributed by atoms with Gasteiger partial charge in [0.15, 0.2) is 0 Å². The van der Waals surface area contributed by atoms with Gasteiger partial charge in [-0.2, -0.15) is 0 Å². The van der Waals surface area contributed by atoms with E-state index in [0.717, 1.165) is 0 Å². The second-order valence-electron chi connectivity index (χ2n) is 16.3. The van der Waals surface area contributed by atoms with Crippen molar-refractivity contribution in [3.8, 4) is 0 Å². The molecule has 0 spiro atoms. The Hall–Kier alpha value is 1.72. The van der Waals surface area contributed by atoms with E-state index in [1.165, 1.54) is 37.0 Å². The molecular weight excluding hydrogens is 484 g/mol. The van der Waals surface area contributed by atoms with Gasteiger partial charge in [-0.15, -0.1) is 7.92 Å². The third-order valence-electron chi connectivity index (χ3n) is 6.78. The van der Waals surface area contributed by atoms with Crippen LogP contribution < -0.4 is 0 Å². The van der Waals surface area contributed by atoms with Crippen molar-refractivity contribution in [3.05, 3.63) is 0 Å². The summed E-state index contributed by atoms with van der Waals surface area (Å²) in [6.07, 6.45) is 8.93. The minimum atomic E-state index is 0.00911. The molecule has 0 bridgehead atoms. The molecule has 4 heteroatoms. The van der Waals surface area contributed by atoms with E-state index in [4.69, 9.17) is 0 Å². The van der Waals surface area contributed by atoms with Crippen LogP contribution in [0.5, 0.6) is 0 Å². The van der Waals surface area contributed by atoms with E-state index < -0.39 is 0 Å². The normalized spacial score (nSPS) is 15.4. The fraction of sp³-hybridized carbons (Fsp3) is 1.00. The summed E-state index contributed by atoms with van der Waals surface area (Å²) in [5.41, 5.74) is 0. The van der Waals surface area contributed by atoms with Crippen molar-refractivity contribution in [1.29, 1.82) is 0 Å². The van der Waals surface area contributed by atoms with Gasteiger partial charge in [-0.3, -0.25) is 0 Å². The third kappa shape index (κ3) is 13.0. The van der Waals surface area contributed by atoms with Gasteiger partial charge in [0, 0.05) is 0 Å². The Kier molecular flexibility index (Phi) is 13.4. The molecule has 0 nitrogen and oxygen atoms in total. The van der Waals surface area contributed by atoms with Gasteiger partial charge in [0.1, 0.15) is 0 Å². The summed E-state index contributed by atoms with van der Waals surface area (Å²) in [5, 5.41) is 2.68. The topological polar surface area (TPSA) is 0 Å². The maximum Gasteiger partial charge on any atom is -0.0174 e. The van der Waals surface area contributed by atoms with E-state index in [-0.39, 0.29) is 31.7 Å². The summed E-state index contributed by atoms with van der Waals surface area (Å²) < 4.78 is 0. The third-order valence-corrected chi connectivity index (χ3v) is 22.1. The first kappa shape index (κ1) is 35.7.